The van der Waals surface area contributed by atoms with Gasteiger partial charge in [-0.05, 0) is 30.5 Å². The van der Waals surface area contributed by atoms with E-state index in [9.17, 15) is 4.79 Å². The first-order valence-electron chi connectivity index (χ1n) is 7.23. The lowest BCUT2D eigenvalue weighted by Gasteiger charge is -2.09. The molecule has 0 saturated carbocycles. The molecule has 5 N–H and O–H groups in total. The summed E-state index contributed by atoms with van der Waals surface area (Å²) in [6, 6.07) is 5.01. The van der Waals surface area contributed by atoms with Gasteiger partial charge in [-0.2, -0.15) is 0 Å². The Labute approximate surface area is 130 Å². The van der Waals surface area contributed by atoms with E-state index in [0.29, 0.717) is 10.7 Å². The minimum atomic E-state index is -0.572. The highest BCUT2D eigenvalue weighted by molar-refractivity contribution is 6.33. The largest absolute Gasteiger partial charge is 0.370 e. The molecule has 5 nitrogen and oxygen atoms in total. The molecular weight excluding hydrogens is 288 g/mol. The van der Waals surface area contributed by atoms with Crippen LogP contribution in [0.25, 0.3) is 0 Å². The van der Waals surface area contributed by atoms with Gasteiger partial charge in [0.05, 0.1) is 10.7 Å². The number of halogens is 1. The second kappa shape index (κ2) is 9.23. The molecule has 0 fully saturated rings. The van der Waals surface area contributed by atoms with Gasteiger partial charge in [0.2, 0.25) is 0 Å². The number of carbonyl (C=O) groups excluding carboxylic acids is 1. The maximum Gasteiger partial charge on any atom is 0.326 e. The Morgan fingerprint density at radius 3 is 2.62 bits per heavy atom. The van der Waals surface area contributed by atoms with Gasteiger partial charge >= 0.3 is 6.03 Å². The molecule has 1 rings (SSSR count). The van der Waals surface area contributed by atoms with Gasteiger partial charge in [-0.15, -0.1) is 0 Å². The highest BCUT2D eigenvalue weighted by atomic mass is 35.5. The number of carbonyl (C=O) groups is 1. The van der Waals surface area contributed by atoms with Crippen molar-refractivity contribution < 1.29 is 4.79 Å². The Morgan fingerprint density at radius 2 is 2.00 bits per heavy atom. The average Bonchev–Trinajstić information content (AvgIpc) is 2.40. The van der Waals surface area contributed by atoms with Crippen molar-refractivity contribution in [1.29, 1.82) is 5.41 Å². The molecule has 0 bridgehead atoms. The molecule has 0 spiro atoms. The lowest BCUT2D eigenvalue weighted by Crippen LogP contribution is -2.38. The molecular formula is C15H23ClN4O. The Bertz CT molecular complexity index is 491. The number of hydrogen-bond donors (Lipinski definition) is 4. The van der Waals surface area contributed by atoms with Crippen LogP contribution in [0.1, 0.15) is 44.6 Å². The minimum Gasteiger partial charge on any atom is -0.370 e. The molecule has 0 saturated heterocycles. The SMILES string of the molecule is CCCCCCCc1ccc(NC(=O)NC(=N)N)c(Cl)c1. The number of nitrogens with one attached hydrogen (secondary N) is 3. The predicted octanol–water partition coefficient (Wildman–Crippen LogP) is 3.87. The summed E-state index contributed by atoms with van der Waals surface area (Å²) in [4.78, 5) is 11.4. The Hall–Kier alpha value is -1.75. The number of unbranched alkanes of at least 4 members (excludes halogenated alkanes) is 4. The van der Waals surface area contributed by atoms with Gasteiger partial charge in [-0.1, -0.05) is 50.3 Å². The standard InChI is InChI=1S/C15H23ClN4O/c1-2-3-4-5-6-7-11-8-9-13(12(16)10-11)19-15(21)20-14(17)18/h8-10H,2-7H2,1H3,(H5,17,18,19,20,21). The molecule has 0 heterocycles. The van der Waals surface area contributed by atoms with Crippen LogP contribution in [0.3, 0.4) is 0 Å². The van der Waals surface area contributed by atoms with Crippen molar-refractivity contribution in [2.75, 3.05) is 5.32 Å². The predicted molar refractivity (Wildman–Crippen MR) is 88.0 cm³/mol. The lowest BCUT2D eigenvalue weighted by molar-refractivity contribution is 0.256. The number of guanidine groups is 1. The quantitative estimate of drug-likeness (QED) is 0.350. The first-order chi connectivity index (χ1) is 10.0. The van der Waals surface area contributed by atoms with Crippen molar-refractivity contribution in [2.24, 2.45) is 5.73 Å². The summed E-state index contributed by atoms with van der Waals surface area (Å²) in [5, 5.41) is 12.2. The van der Waals surface area contributed by atoms with E-state index in [1.165, 1.54) is 25.7 Å². The van der Waals surface area contributed by atoms with Crippen LogP contribution in [0.4, 0.5) is 10.5 Å². The van der Waals surface area contributed by atoms with Crippen LogP contribution >= 0.6 is 11.6 Å². The van der Waals surface area contributed by atoms with Crippen molar-refractivity contribution in [1.82, 2.24) is 5.32 Å². The first-order valence-corrected chi connectivity index (χ1v) is 7.61. The third-order valence-electron chi connectivity index (χ3n) is 3.10. The number of aryl methyl sites for hydroxylation is 1. The molecule has 0 aliphatic rings. The van der Waals surface area contributed by atoms with E-state index in [1.54, 1.807) is 6.07 Å². The van der Waals surface area contributed by atoms with Crippen molar-refractivity contribution in [3.63, 3.8) is 0 Å². The lowest BCUT2D eigenvalue weighted by atomic mass is 10.1. The summed E-state index contributed by atoms with van der Waals surface area (Å²) in [7, 11) is 0. The van der Waals surface area contributed by atoms with E-state index in [4.69, 9.17) is 22.7 Å². The van der Waals surface area contributed by atoms with E-state index >= 15 is 0 Å². The second-order valence-corrected chi connectivity index (χ2v) is 5.38. The molecule has 0 aromatic heterocycles. The number of hydrogen-bond acceptors (Lipinski definition) is 2. The molecule has 2 amide bonds. The fraction of sp³-hybridized carbons (Fsp3) is 0.467. The van der Waals surface area contributed by atoms with Crippen LogP contribution in [0.2, 0.25) is 5.02 Å². The number of benzene rings is 1. The number of amides is 2. The Morgan fingerprint density at radius 1 is 1.29 bits per heavy atom. The second-order valence-electron chi connectivity index (χ2n) is 4.97. The Balaban J connectivity index is 2.48. The molecule has 21 heavy (non-hydrogen) atoms. The molecule has 116 valence electrons. The molecule has 0 radical (unpaired) electrons. The molecule has 0 aliphatic heterocycles. The van der Waals surface area contributed by atoms with Crippen LogP contribution in [-0.4, -0.2) is 12.0 Å². The van der Waals surface area contributed by atoms with Crippen LogP contribution in [0.15, 0.2) is 18.2 Å². The van der Waals surface area contributed by atoms with Crippen LogP contribution in [0, 0.1) is 5.41 Å². The van der Waals surface area contributed by atoms with Gasteiger partial charge in [0, 0.05) is 0 Å². The van der Waals surface area contributed by atoms with Gasteiger partial charge in [-0.25, -0.2) is 4.79 Å². The van der Waals surface area contributed by atoms with Crippen molar-refractivity contribution in [3.05, 3.63) is 28.8 Å². The summed E-state index contributed by atoms with van der Waals surface area (Å²) in [5.41, 5.74) is 6.74. The molecule has 1 aromatic rings. The van der Waals surface area contributed by atoms with Gasteiger partial charge in [-0.3, -0.25) is 10.7 Å². The monoisotopic (exact) mass is 310 g/mol. The van der Waals surface area contributed by atoms with Crippen LogP contribution < -0.4 is 16.4 Å². The topological polar surface area (TPSA) is 91.0 Å². The van der Waals surface area contributed by atoms with E-state index in [2.05, 4.69) is 17.6 Å². The first kappa shape index (κ1) is 17.3. The van der Waals surface area contributed by atoms with Gasteiger partial charge in [0.25, 0.3) is 0 Å². The summed E-state index contributed by atoms with van der Waals surface area (Å²) >= 11 is 6.15. The van der Waals surface area contributed by atoms with E-state index in [-0.39, 0.29) is 0 Å². The van der Waals surface area contributed by atoms with Gasteiger partial charge in [0.15, 0.2) is 5.96 Å². The number of anilines is 1. The van der Waals surface area contributed by atoms with Crippen molar-refractivity contribution >= 4 is 29.3 Å². The third-order valence-corrected chi connectivity index (χ3v) is 3.41. The summed E-state index contributed by atoms with van der Waals surface area (Å²) in [5.74, 6) is -0.410. The van der Waals surface area contributed by atoms with Crippen LogP contribution in [-0.2, 0) is 6.42 Å². The molecule has 0 aliphatic carbocycles. The zero-order valence-corrected chi connectivity index (χ0v) is 13.1. The average molecular weight is 311 g/mol. The van der Waals surface area contributed by atoms with Crippen molar-refractivity contribution in [3.8, 4) is 0 Å². The summed E-state index contributed by atoms with van der Waals surface area (Å²) in [6.07, 6.45) is 7.17. The van der Waals surface area contributed by atoms with E-state index in [0.717, 1.165) is 18.4 Å². The number of nitrogens with two attached hydrogens (primary N) is 1. The highest BCUT2D eigenvalue weighted by Crippen LogP contribution is 2.24. The van der Waals surface area contributed by atoms with E-state index in [1.807, 2.05) is 12.1 Å². The Kier molecular flexibility index (Phi) is 7.61. The number of rotatable bonds is 7. The minimum absolute atomic E-state index is 0.410. The molecule has 0 atom stereocenters. The fourth-order valence-electron chi connectivity index (χ4n) is 2.02. The van der Waals surface area contributed by atoms with Crippen molar-refractivity contribution in [2.45, 2.75) is 45.4 Å². The number of urea groups is 1. The normalized spacial score (nSPS) is 10.2. The van der Waals surface area contributed by atoms with Crippen LogP contribution in [0.5, 0.6) is 0 Å². The maximum absolute atomic E-state index is 11.4. The van der Waals surface area contributed by atoms with Gasteiger partial charge in [0.1, 0.15) is 0 Å². The van der Waals surface area contributed by atoms with Gasteiger partial charge < -0.3 is 11.1 Å². The molecule has 6 heteroatoms. The highest BCUT2D eigenvalue weighted by Gasteiger charge is 2.07. The smallest absolute Gasteiger partial charge is 0.326 e. The fourth-order valence-corrected chi connectivity index (χ4v) is 2.27. The third kappa shape index (κ3) is 6.99. The molecule has 0 unspecified atom stereocenters. The zero-order chi connectivity index (χ0) is 15.7. The summed E-state index contributed by atoms with van der Waals surface area (Å²) < 4.78 is 0. The van der Waals surface area contributed by atoms with E-state index < -0.39 is 12.0 Å². The zero-order valence-electron chi connectivity index (χ0n) is 12.3. The summed E-state index contributed by atoms with van der Waals surface area (Å²) in [6.45, 7) is 2.20. The maximum atomic E-state index is 11.4. The molecule has 1 aromatic carbocycles.